The van der Waals surface area contributed by atoms with Gasteiger partial charge in [-0.3, -0.25) is 0 Å². The summed E-state index contributed by atoms with van der Waals surface area (Å²) in [6.45, 7) is 11.0. The fourth-order valence-corrected chi connectivity index (χ4v) is 1.92. The Morgan fingerprint density at radius 1 is 1.25 bits per heavy atom. The van der Waals surface area contributed by atoms with E-state index in [1.807, 2.05) is 0 Å². The maximum absolute atomic E-state index is 5.89. The van der Waals surface area contributed by atoms with Crippen molar-refractivity contribution in [3.8, 4) is 0 Å². The van der Waals surface area contributed by atoms with Crippen molar-refractivity contribution in [2.45, 2.75) is 45.6 Å². The van der Waals surface area contributed by atoms with E-state index in [2.05, 4.69) is 26.1 Å². The maximum atomic E-state index is 5.89. The van der Waals surface area contributed by atoms with Gasteiger partial charge in [0.15, 0.2) is 0 Å². The van der Waals surface area contributed by atoms with Crippen LogP contribution < -0.4 is 5.32 Å². The lowest BCUT2D eigenvalue weighted by molar-refractivity contribution is -0.0685. The first-order valence-corrected chi connectivity index (χ1v) is 6.55. The van der Waals surface area contributed by atoms with E-state index in [-0.39, 0.29) is 5.60 Å². The summed E-state index contributed by atoms with van der Waals surface area (Å²) in [5, 5.41) is 3.38. The highest BCUT2D eigenvalue weighted by atomic mass is 16.5. The highest BCUT2D eigenvalue weighted by Gasteiger charge is 2.26. The van der Waals surface area contributed by atoms with Crippen LogP contribution in [0.2, 0.25) is 0 Å². The zero-order valence-electron chi connectivity index (χ0n) is 11.1. The minimum absolute atomic E-state index is 0.0274. The van der Waals surface area contributed by atoms with E-state index < -0.39 is 0 Å². The van der Waals surface area contributed by atoms with Crippen molar-refractivity contribution in [3.05, 3.63) is 0 Å². The zero-order valence-corrected chi connectivity index (χ0v) is 11.1. The predicted octanol–water partition coefficient (Wildman–Crippen LogP) is 2.21. The molecule has 0 aromatic carbocycles. The van der Waals surface area contributed by atoms with Crippen molar-refractivity contribution in [1.82, 2.24) is 5.32 Å². The molecule has 0 amide bonds. The quantitative estimate of drug-likeness (QED) is 0.679. The lowest BCUT2D eigenvalue weighted by Gasteiger charge is -2.34. The highest BCUT2D eigenvalue weighted by molar-refractivity contribution is 4.82. The van der Waals surface area contributed by atoms with Crippen LogP contribution in [0.25, 0.3) is 0 Å². The van der Waals surface area contributed by atoms with Gasteiger partial charge < -0.3 is 14.8 Å². The number of ether oxygens (including phenoxy) is 2. The van der Waals surface area contributed by atoms with Crippen molar-refractivity contribution >= 4 is 0 Å². The van der Waals surface area contributed by atoms with Gasteiger partial charge in [-0.2, -0.15) is 0 Å². The molecule has 16 heavy (non-hydrogen) atoms. The summed E-state index contributed by atoms with van der Waals surface area (Å²) in [6.07, 6.45) is 3.51. The second-order valence-corrected chi connectivity index (χ2v) is 5.37. The van der Waals surface area contributed by atoms with Gasteiger partial charge in [-0.05, 0) is 38.6 Å². The van der Waals surface area contributed by atoms with Gasteiger partial charge in [-0.1, -0.05) is 13.8 Å². The molecule has 1 aliphatic heterocycles. The first-order valence-electron chi connectivity index (χ1n) is 6.55. The molecule has 3 heteroatoms. The molecular weight excluding hydrogens is 202 g/mol. The number of nitrogens with one attached hydrogen (secondary N) is 1. The van der Waals surface area contributed by atoms with Gasteiger partial charge in [-0.25, -0.2) is 0 Å². The van der Waals surface area contributed by atoms with Crippen molar-refractivity contribution in [3.63, 3.8) is 0 Å². The van der Waals surface area contributed by atoms with Crippen molar-refractivity contribution in [2.75, 3.05) is 32.9 Å². The van der Waals surface area contributed by atoms with E-state index in [0.29, 0.717) is 0 Å². The number of hydrogen-bond donors (Lipinski definition) is 1. The lowest BCUT2D eigenvalue weighted by atomic mass is 9.96. The molecule has 0 aromatic heterocycles. The summed E-state index contributed by atoms with van der Waals surface area (Å²) in [5.41, 5.74) is 0.0274. The zero-order chi connectivity index (χ0) is 11.9. The number of rotatable bonds is 7. The van der Waals surface area contributed by atoms with Gasteiger partial charge in [0, 0.05) is 13.2 Å². The summed E-state index contributed by atoms with van der Waals surface area (Å²) >= 11 is 0. The molecule has 1 heterocycles. The van der Waals surface area contributed by atoms with Crippen LogP contribution in [0.15, 0.2) is 0 Å². The molecule has 0 aliphatic carbocycles. The van der Waals surface area contributed by atoms with Crippen LogP contribution in [-0.4, -0.2) is 38.5 Å². The van der Waals surface area contributed by atoms with Crippen LogP contribution >= 0.6 is 0 Å². The van der Waals surface area contributed by atoms with Crippen LogP contribution in [0.3, 0.4) is 0 Å². The highest BCUT2D eigenvalue weighted by Crippen LogP contribution is 2.19. The van der Waals surface area contributed by atoms with Crippen molar-refractivity contribution in [2.24, 2.45) is 5.92 Å². The van der Waals surface area contributed by atoms with Crippen LogP contribution in [0, 0.1) is 5.92 Å². The van der Waals surface area contributed by atoms with E-state index in [1.54, 1.807) is 0 Å². The standard InChI is InChI=1S/C13H27NO2/c1-12(2)5-8-15-9-10-16-13(3)6-4-7-14-11-13/h12,14H,4-11H2,1-3H3. The summed E-state index contributed by atoms with van der Waals surface area (Å²) in [6, 6.07) is 0. The first-order chi connectivity index (χ1) is 7.62. The molecule has 1 N–H and O–H groups in total. The average molecular weight is 229 g/mol. The summed E-state index contributed by atoms with van der Waals surface area (Å²) < 4.78 is 11.4. The predicted molar refractivity (Wildman–Crippen MR) is 66.7 cm³/mol. The lowest BCUT2D eigenvalue weighted by Crippen LogP contribution is -2.45. The summed E-state index contributed by atoms with van der Waals surface area (Å²) in [7, 11) is 0. The monoisotopic (exact) mass is 229 g/mol. The molecule has 1 unspecified atom stereocenters. The molecule has 1 fully saturated rings. The molecule has 0 radical (unpaired) electrons. The van der Waals surface area contributed by atoms with E-state index in [9.17, 15) is 0 Å². The van der Waals surface area contributed by atoms with E-state index in [1.165, 1.54) is 6.42 Å². The fraction of sp³-hybridized carbons (Fsp3) is 1.00. The SMILES string of the molecule is CC(C)CCOCCOC1(C)CCCNC1. The Balaban J connectivity index is 1.97. The molecule has 0 spiro atoms. The molecule has 0 saturated carbocycles. The van der Waals surface area contributed by atoms with E-state index in [0.717, 1.165) is 51.7 Å². The smallest absolute Gasteiger partial charge is 0.0779 e. The molecule has 3 nitrogen and oxygen atoms in total. The molecule has 0 aromatic rings. The van der Waals surface area contributed by atoms with Gasteiger partial charge in [0.25, 0.3) is 0 Å². The average Bonchev–Trinajstić information content (AvgIpc) is 2.24. The normalized spacial score (nSPS) is 26.2. The van der Waals surface area contributed by atoms with Gasteiger partial charge in [0.2, 0.25) is 0 Å². The fourth-order valence-electron chi connectivity index (χ4n) is 1.92. The van der Waals surface area contributed by atoms with Crippen molar-refractivity contribution in [1.29, 1.82) is 0 Å². The van der Waals surface area contributed by atoms with E-state index >= 15 is 0 Å². The Morgan fingerprint density at radius 2 is 2.06 bits per heavy atom. The largest absolute Gasteiger partial charge is 0.379 e. The Morgan fingerprint density at radius 3 is 2.69 bits per heavy atom. The van der Waals surface area contributed by atoms with Crippen molar-refractivity contribution < 1.29 is 9.47 Å². The number of piperidine rings is 1. The van der Waals surface area contributed by atoms with Gasteiger partial charge >= 0.3 is 0 Å². The van der Waals surface area contributed by atoms with Gasteiger partial charge in [0.05, 0.1) is 18.8 Å². The molecule has 1 rings (SSSR count). The molecule has 0 bridgehead atoms. The number of hydrogen-bond acceptors (Lipinski definition) is 3. The van der Waals surface area contributed by atoms with Gasteiger partial charge in [-0.15, -0.1) is 0 Å². The first kappa shape index (κ1) is 13.9. The van der Waals surface area contributed by atoms with E-state index in [4.69, 9.17) is 9.47 Å². The summed E-state index contributed by atoms with van der Waals surface area (Å²) in [4.78, 5) is 0. The van der Waals surface area contributed by atoms with Crippen LogP contribution in [0.1, 0.15) is 40.0 Å². The minimum Gasteiger partial charge on any atom is -0.379 e. The third-order valence-electron chi connectivity index (χ3n) is 3.08. The Kier molecular flexibility index (Phi) is 6.32. The molecule has 1 atom stereocenters. The van der Waals surface area contributed by atoms with Crippen LogP contribution in [-0.2, 0) is 9.47 Å². The Hall–Kier alpha value is -0.120. The second-order valence-electron chi connectivity index (χ2n) is 5.37. The maximum Gasteiger partial charge on any atom is 0.0779 e. The Labute approximate surface area is 99.9 Å². The molecule has 96 valence electrons. The molecule has 1 aliphatic rings. The van der Waals surface area contributed by atoms with Gasteiger partial charge in [0.1, 0.15) is 0 Å². The minimum atomic E-state index is 0.0274. The third kappa shape index (κ3) is 5.83. The van der Waals surface area contributed by atoms with Crippen LogP contribution in [0.4, 0.5) is 0 Å². The molecular formula is C13H27NO2. The second kappa shape index (κ2) is 7.25. The topological polar surface area (TPSA) is 30.5 Å². The summed E-state index contributed by atoms with van der Waals surface area (Å²) in [5.74, 6) is 0.723. The van der Waals surface area contributed by atoms with Crippen LogP contribution in [0.5, 0.6) is 0 Å². The third-order valence-corrected chi connectivity index (χ3v) is 3.08. The molecule has 1 saturated heterocycles. The Bertz CT molecular complexity index is 177.